The standard InChI is InChI=1S/C11H10ClNO/c1-7-3-4-9(6-13)5-10(7)11(12)8(2)14/h3-5,11H,1-2H3. The average Bonchev–Trinajstić information content (AvgIpc) is 2.17. The van der Waals surface area contributed by atoms with Gasteiger partial charge in [-0.05, 0) is 37.1 Å². The van der Waals surface area contributed by atoms with Crippen LogP contribution in [-0.4, -0.2) is 5.78 Å². The molecule has 0 aliphatic carbocycles. The molecule has 0 aliphatic rings. The van der Waals surface area contributed by atoms with Crippen molar-refractivity contribution in [2.75, 3.05) is 0 Å². The van der Waals surface area contributed by atoms with Gasteiger partial charge in [-0.3, -0.25) is 4.79 Å². The monoisotopic (exact) mass is 207 g/mol. The zero-order valence-electron chi connectivity index (χ0n) is 8.04. The van der Waals surface area contributed by atoms with Crippen LogP contribution in [0.25, 0.3) is 0 Å². The lowest BCUT2D eigenvalue weighted by Gasteiger charge is -2.09. The molecule has 0 fully saturated rings. The fraction of sp³-hybridized carbons (Fsp3) is 0.273. The molecule has 1 atom stereocenters. The van der Waals surface area contributed by atoms with Crippen LogP contribution in [0.4, 0.5) is 0 Å². The molecule has 0 aliphatic heterocycles. The van der Waals surface area contributed by atoms with Gasteiger partial charge in [-0.25, -0.2) is 0 Å². The fourth-order valence-corrected chi connectivity index (χ4v) is 1.44. The Hall–Kier alpha value is -1.33. The Morgan fingerprint density at radius 1 is 1.57 bits per heavy atom. The second-order valence-corrected chi connectivity index (χ2v) is 3.59. The van der Waals surface area contributed by atoms with Crippen LogP contribution in [0.5, 0.6) is 0 Å². The Morgan fingerprint density at radius 3 is 2.71 bits per heavy atom. The summed E-state index contributed by atoms with van der Waals surface area (Å²) in [4.78, 5) is 11.1. The molecular weight excluding hydrogens is 198 g/mol. The van der Waals surface area contributed by atoms with Gasteiger partial charge >= 0.3 is 0 Å². The van der Waals surface area contributed by atoms with Gasteiger partial charge < -0.3 is 0 Å². The van der Waals surface area contributed by atoms with Crippen molar-refractivity contribution in [3.63, 3.8) is 0 Å². The number of halogens is 1. The van der Waals surface area contributed by atoms with Crippen molar-refractivity contribution >= 4 is 17.4 Å². The summed E-state index contributed by atoms with van der Waals surface area (Å²) < 4.78 is 0. The van der Waals surface area contributed by atoms with Gasteiger partial charge in [0.2, 0.25) is 0 Å². The minimum atomic E-state index is -0.650. The minimum absolute atomic E-state index is 0.107. The molecule has 0 heterocycles. The van der Waals surface area contributed by atoms with Crippen LogP contribution in [0.1, 0.15) is 29.0 Å². The molecule has 0 bridgehead atoms. The Labute approximate surface area is 88.1 Å². The zero-order chi connectivity index (χ0) is 10.7. The van der Waals surface area contributed by atoms with E-state index in [1.54, 1.807) is 18.2 Å². The lowest BCUT2D eigenvalue weighted by molar-refractivity contribution is -0.116. The number of benzene rings is 1. The number of carbonyl (C=O) groups is 1. The van der Waals surface area contributed by atoms with Gasteiger partial charge in [-0.2, -0.15) is 5.26 Å². The van der Waals surface area contributed by atoms with Crippen molar-refractivity contribution in [2.24, 2.45) is 0 Å². The summed E-state index contributed by atoms with van der Waals surface area (Å²) >= 11 is 5.92. The smallest absolute Gasteiger partial charge is 0.152 e. The molecule has 1 aromatic carbocycles. The van der Waals surface area contributed by atoms with E-state index < -0.39 is 5.38 Å². The van der Waals surface area contributed by atoms with Crippen LogP contribution in [0.3, 0.4) is 0 Å². The summed E-state index contributed by atoms with van der Waals surface area (Å²) in [5.41, 5.74) is 2.18. The van der Waals surface area contributed by atoms with E-state index in [0.717, 1.165) is 11.1 Å². The molecule has 1 rings (SSSR count). The fourth-order valence-electron chi connectivity index (χ4n) is 1.20. The first-order valence-electron chi connectivity index (χ1n) is 4.21. The third-order valence-electron chi connectivity index (χ3n) is 2.04. The Bertz CT molecular complexity index is 406. The van der Waals surface area contributed by atoms with Gasteiger partial charge in [0.05, 0.1) is 11.6 Å². The molecule has 1 unspecified atom stereocenters. The van der Waals surface area contributed by atoms with Gasteiger partial charge in [0, 0.05) is 0 Å². The number of nitrogens with zero attached hydrogens (tertiary/aromatic N) is 1. The topological polar surface area (TPSA) is 40.9 Å². The number of hydrogen-bond acceptors (Lipinski definition) is 2. The maximum absolute atomic E-state index is 11.1. The third-order valence-corrected chi connectivity index (χ3v) is 2.58. The van der Waals surface area contributed by atoms with Crippen molar-refractivity contribution in [2.45, 2.75) is 19.2 Å². The lowest BCUT2D eigenvalue weighted by Crippen LogP contribution is -2.03. The summed E-state index contributed by atoms with van der Waals surface area (Å²) in [7, 11) is 0. The van der Waals surface area contributed by atoms with E-state index >= 15 is 0 Å². The summed E-state index contributed by atoms with van der Waals surface area (Å²) in [6.07, 6.45) is 0. The molecule has 1 aromatic rings. The number of alkyl halides is 1. The highest BCUT2D eigenvalue weighted by atomic mass is 35.5. The number of ketones is 1. The summed E-state index contributed by atoms with van der Waals surface area (Å²) in [6.45, 7) is 3.31. The first kappa shape index (κ1) is 10.7. The van der Waals surface area contributed by atoms with E-state index in [9.17, 15) is 4.79 Å². The molecular formula is C11H10ClNO. The first-order chi connectivity index (χ1) is 6.56. The number of rotatable bonds is 2. The van der Waals surface area contributed by atoms with Gasteiger partial charge in [0.15, 0.2) is 5.78 Å². The second-order valence-electron chi connectivity index (χ2n) is 3.16. The molecule has 0 amide bonds. The van der Waals surface area contributed by atoms with Gasteiger partial charge in [-0.1, -0.05) is 6.07 Å². The quantitative estimate of drug-likeness (QED) is 0.700. The van der Waals surface area contributed by atoms with Crippen molar-refractivity contribution in [3.05, 3.63) is 34.9 Å². The first-order valence-corrected chi connectivity index (χ1v) is 4.65. The minimum Gasteiger partial charge on any atom is -0.298 e. The van der Waals surface area contributed by atoms with Gasteiger partial charge in [-0.15, -0.1) is 11.6 Å². The predicted molar refractivity (Wildman–Crippen MR) is 55.2 cm³/mol. The van der Waals surface area contributed by atoms with Crippen LogP contribution in [0.2, 0.25) is 0 Å². The van der Waals surface area contributed by atoms with Crippen LogP contribution < -0.4 is 0 Å². The van der Waals surface area contributed by atoms with E-state index in [-0.39, 0.29) is 5.78 Å². The molecule has 0 aromatic heterocycles. The largest absolute Gasteiger partial charge is 0.298 e. The molecule has 0 N–H and O–H groups in total. The highest BCUT2D eigenvalue weighted by Crippen LogP contribution is 2.25. The number of hydrogen-bond donors (Lipinski definition) is 0. The number of carbonyl (C=O) groups excluding carboxylic acids is 1. The second kappa shape index (κ2) is 4.26. The summed E-state index contributed by atoms with van der Waals surface area (Å²) in [6, 6.07) is 7.19. The maximum atomic E-state index is 11.1. The van der Waals surface area contributed by atoms with Gasteiger partial charge in [0.1, 0.15) is 5.38 Å². The zero-order valence-corrected chi connectivity index (χ0v) is 8.80. The molecule has 0 radical (unpaired) electrons. The average molecular weight is 208 g/mol. The van der Waals surface area contributed by atoms with Crippen LogP contribution >= 0.6 is 11.6 Å². The third kappa shape index (κ3) is 2.12. The lowest BCUT2D eigenvalue weighted by atomic mass is 10.0. The Morgan fingerprint density at radius 2 is 2.21 bits per heavy atom. The number of nitriles is 1. The van der Waals surface area contributed by atoms with E-state index in [0.29, 0.717) is 5.56 Å². The van der Waals surface area contributed by atoms with Crippen molar-refractivity contribution in [1.29, 1.82) is 5.26 Å². The van der Waals surface area contributed by atoms with Crippen LogP contribution in [0, 0.1) is 18.3 Å². The molecule has 3 heteroatoms. The molecule has 0 saturated heterocycles. The normalized spacial score (nSPS) is 11.9. The SMILES string of the molecule is CC(=O)C(Cl)c1cc(C#N)ccc1C. The van der Waals surface area contributed by atoms with E-state index in [2.05, 4.69) is 0 Å². The maximum Gasteiger partial charge on any atom is 0.152 e. The number of Topliss-reactive ketones (excluding diaryl/α,β-unsaturated/α-hetero) is 1. The van der Waals surface area contributed by atoms with Crippen molar-refractivity contribution < 1.29 is 4.79 Å². The van der Waals surface area contributed by atoms with Crippen LogP contribution in [0.15, 0.2) is 18.2 Å². The summed E-state index contributed by atoms with van der Waals surface area (Å²) in [5.74, 6) is -0.107. The highest BCUT2D eigenvalue weighted by molar-refractivity contribution is 6.30. The van der Waals surface area contributed by atoms with Crippen molar-refractivity contribution in [1.82, 2.24) is 0 Å². The van der Waals surface area contributed by atoms with E-state index in [4.69, 9.17) is 16.9 Å². The molecule has 14 heavy (non-hydrogen) atoms. The predicted octanol–water partition coefficient (Wildman–Crippen LogP) is 2.74. The van der Waals surface area contributed by atoms with Crippen molar-refractivity contribution in [3.8, 4) is 6.07 Å². The highest BCUT2D eigenvalue weighted by Gasteiger charge is 2.15. The van der Waals surface area contributed by atoms with E-state index in [1.165, 1.54) is 6.92 Å². The molecule has 0 saturated carbocycles. The molecule has 0 spiro atoms. The molecule has 72 valence electrons. The van der Waals surface area contributed by atoms with Crippen LogP contribution in [-0.2, 0) is 4.79 Å². The van der Waals surface area contributed by atoms with E-state index in [1.807, 2.05) is 13.0 Å². The van der Waals surface area contributed by atoms with Gasteiger partial charge in [0.25, 0.3) is 0 Å². The Kier molecular flexibility index (Phi) is 3.27. The Balaban J connectivity index is 3.20. The molecule has 2 nitrogen and oxygen atoms in total. The summed E-state index contributed by atoms with van der Waals surface area (Å²) in [5, 5.41) is 8.05. The number of aryl methyl sites for hydroxylation is 1.